The van der Waals surface area contributed by atoms with E-state index in [1.54, 1.807) is 0 Å². The molecule has 6 heteroatoms. The summed E-state index contributed by atoms with van der Waals surface area (Å²) >= 11 is 9.61. The van der Waals surface area contributed by atoms with Crippen LogP contribution in [0.5, 0.6) is 0 Å². The van der Waals surface area contributed by atoms with Gasteiger partial charge in [-0.05, 0) is 30.3 Å². The van der Waals surface area contributed by atoms with E-state index in [-0.39, 0.29) is 5.91 Å². The van der Waals surface area contributed by atoms with Gasteiger partial charge >= 0.3 is 0 Å². The Kier molecular flexibility index (Phi) is 5.89. The third-order valence-electron chi connectivity index (χ3n) is 4.23. The monoisotopic (exact) mass is 408 g/mol. The molecule has 0 saturated carbocycles. The van der Waals surface area contributed by atoms with Crippen molar-refractivity contribution in [2.45, 2.75) is 6.54 Å². The van der Waals surface area contributed by atoms with Gasteiger partial charge in [-0.15, -0.1) is 0 Å². The highest BCUT2D eigenvalue weighted by atomic mass is 79.9. The number of nitrogens with zero attached hydrogens (tertiary/aromatic N) is 1. The molecule has 0 spiro atoms. The zero-order valence-corrected chi connectivity index (χ0v) is 15.6. The van der Waals surface area contributed by atoms with Crippen molar-refractivity contribution >= 4 is 33.4 Å². The molecule has 3 rings (SSSR count). The van der Waals surface area contributed by atoms with Gasteiger partial charge < -0.3 is 4.90 Å². The predicted molar refractivity (Wildman–Crippen MR) is 99.0 cm³/mol. The van der Waals surface area contributed by atoms with E-state index >= 15 is 0 Å². The molecule has 1 saturated heterocycles. The van der Waals surface area contributed by atoms with Crippen LogP contribution in [-0.4, -0.2) is 37.1 Å². The molecule has 0 atom stereocenters. The molecule has 126 valence electrons. The fourth-order valence-corrected chi connectivity index (χ4v) is 3.30. The molecule has 1 amide bonds. The molecule has 4 nitrogen and oxygen atoms in total. The van der Waals surface area contributed by atoms with Gasteiger partial charge in [-0.1, -0.05) is 45.7 Å². The highest BCUT2D eigenvalue weighted by Gasteiger charge is 2.22. The molecule has 1 aliphatic rings. The molecule has 0 bridgehead atoms. The van der Waals surface area contributed by atoms with Crippen LogP contribution in [-0.2, 0) is 6.54 Å². The number of rotatable bonds is 4. The zero-order valence-electron chi connectivity index (χ0n) is 13.3. The summed E-state index contributed by atoms with van der Waals surface area (Å²) in [5.41, 5.74) is 4.84. The number of piperazine rings is 1. The summed E-state index contributed by atoms with van der Waals surface area (Å²) in [6, 6.07) is 15.4. The fraction of sp³-hybridized carbons (Fsp3) is 0.278. The van der Waals surface area contributed by atoms with E-state index in [1.165, 1.54) is 10.5 Å². The van der Waals surface area contributed by atoms with Crippen molar-refractivity contribution in [2.75, 3.05) is 26.2 Å². The lowest BCUT2D eigenvalue weighted by Gasteiger charge is -2.32. The van der Waals surface area contributed by atoms with Crippen molar-refractivity contribution in [1.29, 1.82) is 0 Å². The Morgan fingerprint density at radius 1 is 1.12 bits per heavy atom. The van der Waals surface area contributed by atoms with E-state index in [1.807, 2.05) is 47.5 Å². The van der Waals surface area contributed by atoms with E-state index in [4.69, 9.17) is 11.6 Å². The Labute approximate surface area is 155 Å². The van der Waals surface area contributed by atoms with Gasteiger partial charge in [0.05, 0.1) is 26.2 Å². The summed E-state index contributed by atoms with van der Waals surface area (Å²) in [6.07, 6.45) is 0. The van der Waals surface area contributed by atoms with E-state index in [0.29, 0.717) is 5.56 Å². The number of benzene rings is 2. The van der Waals surface area contributed by atoms with Crippen LogP contribution < -0.4 is 10.3 Å². The second-order valence-corrected chi connectivity index (χ2v) is 7.28. The molecule has 1 fully saturated rings. The van der Waals surface area contributed by atoms with Crippen LogP contribution in [0.15, 0.2) is 53.0 Å². The highest BCUT2D eigenvalue weighted by Crippen LogP contribution is 2.13. The topological polar surface area (TPSA) is 36.8 Å². The van der Waals surface area contributed by atoms with E-state index in [2.05, 4.69) is 27.4 Å². The van der Waals surface area contributed by atoms with Crippen molar-refractivity contribution in [3.05, 3.63) is 69.2 Å². The number of halogens is 2. The molecule has 1 heterocycles. The number of hydrazine groups is 1. The lowest BCUT2D eigenvalue weighted by molar-refractivity contribution is -0.918. The van der Waals surface area contributed by atoms with Crippen LogP contribution in [0.3, 0.4) is 0 Å². The number of hydrogen-bond acceptors (Lipinski definition) is 2. The standard InChI is InChI=1S/C18H19BrClN3O/c19-16-7-5-14(6-8-16)18(24)21-23-11-9-22(10-12-23)13-15-3-1-2-4-17(15)20/h1-8H,9-13H2,(H,21,24)/p+1. The summed E-state index contributed by atoms with van der Waals surface area (Å²) in [4.78, 5) is 13.7. The van der Waals surface area contributed by atoms with Crippen molar-refractivity contribution in [3.63, 3.8) is 0 Å². The van der Waals surface area contributed by atoms with Crippen molar-refractivity contribution in [2.24, 2.45) is 0 Å². The molecule has 24 heavy (non-hydrogen) atoms. The molecule has 0 radical (unpaired) electrons. The second-order valence-electron chi connectivity index (χ2n) is 5.95. The van der Waals surface area contributed by atoms with Gasteiger partial charge in [0.2, 0.25) is 0 Å². The minimum absolute atomic E-state index is 0.0583. The Morgan fingerprint density at radius 2 is 1.79 bits per heavy atom. The summed E-state index contributed by atoms with van der Waals surface area (Å²) in [5, 5.41) is 2.83. The third kappa shape index (κ3) is 4.57. The van der Waals surface area contributed by atoms with Crippen LogP contribution in [0.25, 0.3) is 0 Å². The molecule has 0 aromatic heterocycles. The van der Waals surface area contributed by atoms with E-state index in [9.17, 15) is 4.79 Å². The zero-order chi connectivity index (χ0) is 16.9. The predicted octanol–water partition coefficient (Wildman–Crippen LogP) is 2.15. The van der Waals surface area contributed by atoms with Gasteiger partial charge in [0.25, 0.3) is 5.91 Å². The van der Waals surface area contributed by atoms with Crippen LogP contribution in [0.4, 0.5) is 0 Å². The average molecular weight is 410 g/mol. The van der Waals surface area contributed by atoms with Crippen molar-refractivity contribution in [3.8, 4) is 0 Å². The molecule has 2 N–H and O–H groups in total. The van der Waals surface area contributed by atoms with Crippen molar-refractivity contribution < 1.29 is 9.69 Å². The summed E-state index contributed by atoms with van der Waals surface area (Å²) in [6.45, 7) is 4.55. The quantitative estimate of drug-likeness (QED) is 0.812. The molecule has 1 aliphatic heterocycles. The fourth-order valence-electron chi connectivity index (χ4n) is 2.83. The highest BCUT2D eigenvalue weighted by molar-refractivity contribution is 9.10. The molecule has 2 aromatic rings. The maximum atomic E-state index is 12.2. The summed E-state index contributed by atoms with van der Waals surface area (Å²) in [7, 11) is 0. The Balaban J connectivity index is 1.49. The smallest absolute Gasteiger partial charge is 0.265 e. The number of quaternary nitrogens is 1. The Morgan fingerprint density at radius 3 is 2.46 bits per heavy atom. The lowest BCUT2D eigenvalue weighted by atomic mass is 10.2. The van der Waals surface area contributed by atoms with Crippen LogP contribution in [0.2, 0.25) is 5.02 Å². The number of carbonyl (C=O) groups excluding carboxylic acids is 1. The van der Waals surface area contributed by atoms with Gasteiger partial charge in [-0.3, -0.25) is 10.2 Å². The first-order valence-corrected chi connectivity index (χ1v) is 9.17. The summed E-state index contributed by atoms with van der Waals surface area (Å²) in [5.74, 6) is -0.0583. The minimum Gasteiger partial charge on any atom is -0.329 e. The van der Waals surface area contributed by atoms with Crippen molar-refractivity contribution in [1.82, 2.24) is 10.4 Å². The average Bonchev–Trinajstić information content (AvgIpc) is 2.59. The first-order chi connectivity index (χ1) is 11.6. The first kappa shape index (κ1) is 17.4. The normalized spacial score (nSPS) is 16.1. The van der Waals surface area contributed by atoms with Crippen LogP contribution in [0, 0.1) is 0 Å². The van der Waals surface area contributed by atoms with Crippen LogP contribution >= 0.6 is 27.5 Å². The SMILES string of the molecule is O=C(NN1CC[NH+](Cc2ccccc2Cl)CC1)c1ccc(Br)cc1. The third-order valence-corrected chi connectivity index (χ3v) is 5.13. The largest absolute Gasteiger partial charge is 0.329 e. The minimum atomic E-state index is -0.0583. The van der Waals surface area contributed by atoms with Crippen LogP contribution in [0.1, 0.15) is 15.9 Å². The van der Waals surface area contributed by atoms with Gasteiger partial charge in [-0.25, -0.2) is 5.01 Å². The Bertz CT molecular complexity index is 700. The van der Waals surface area contributed by atoms with Gasteiger partial charge in [-0.2, -0.15) is 0 Å². The molecular formula is C18H20BrClN3O+. The molecule has 2 aromatic carbocycles. The first-order valence-electron chi connectivity index (χ1n) is 8.00. The van der Waals surface area contributed by atoms with Gasteiger partial charge in [0.1, 0.15) is 6.54 Å². The maximum absolute atomic E-state index is 12.2. The lowest BCUT2D eigenvalue weighted by Crippen LogP contribution is -3.13. The van der Waals surface area contributed by atoms with E-state index in [0.717, 1.165) is 42.2 Å². The molecule has 0 aliphatic carbocycles. The maximum Gasteiger partial charge on any atom is 0.265 e. The second kappa shape index (κ2) is 8.12. The molecular weight excluding hydrogens is 390 g/mol. The van der Waals surface area contributed by atoms with Gasteiger partial charge in [0, 0.05) is 20.6 Å². The number of hydrogen-bond donors (Lipinski definition) is 2. The molecule has 0 unspecified atom stereocenters. The van der Waals surface area contributed by atoms with Gasteiger partial charge in [0.15, 0.2) is 0 Å². The number of amides is 1. The number of nitrogens with one attached hydrogen (secondary N) is 2. The van der Waals surface area contributed by atoms with E-state index < -0.39 is 0 Å². The number of carbonyl (C=O) groups is 1. The summed E-state index contributed by atoms with van der Waals surface area (Å²) < 4.78 is 0.968. The Hall–Kier alpha value is -1.40.